The molecule has 4 nitrogen and oxygen atoms in total. The van der Waals surface area contributed by atoms with Crippen LogP contribution in [0.2, 0.25) is 0 Å². The Morgan fingerprint density at radius 2 is 1.48 bits per heavy atom. The van der Waals surface area contributed by atoms with Gasteiger partial charge in [0.15, 0.2) is 6.29 Å². The molecule has 0 aromatic heterocycles. The lowest BCUT2D eigenvalue weighted by molar-refractivity contribution is -0.0970. The van der Waals surface area contributed by atoms with Crippen LogP contribution in [0.5, 0.6) is 0 Å². The first kappa shape index (κ1) is 23.2. The minimum absolute atomic E-state index is 0.138. The number of aromatic carboxylic acids is 1. The summed E-state index contributed by atoms with van der Waals surface area (Å²) in [5, 5.41) is 9.22. The molecule has 0 atom stereocenters. The SMILES string of the molecule is COC(CC(=Cc1ccc2c(c1)C(C)(C)CCC2(C)C)c1ccc(C(=O)O)cc1)OC. The molecule has 2 aromatic rings. The number of carboxylic acids is 1. The number of ether oxygens (including phenoxy) is 2. The molecule has 1 aliphatic rings. The van der Waals surface area contributed by atoms with E-state index in [2.05, 4.69) is 52.0 Å². The molecule has 1 N–H and O–H groups in total. The third-order valence-corrected chi connectivity index (χ3v) is 6.63. The van der Waals surface area contributed by atoms with Gasteiger partial charge in [0.1, 0.15) is 0 Å². The van der Waals surface area contributed by atoms with Gasteiger partial charge in [0.05, 0.1) is 5.56 Å². The smallest absolute Gasteiger partial charge is 0.335 e. The van der Waals surface area contributed by atoms with E-state index in [1.54, 1.807) is 26.4 Å². The van der Waals surface area contributed by atoms with Crippen LogP contribution in [-0.2, 0) is 20.3 Å². The Bertz CT molecular complexity index is 963. The third kappa shape index (κ3) is 5.08. The zero-order chi connectivity index (χ0) is 22.8. The number of carboxylic acid groups (broad SMARTS) is 1. The number of hydrogen-bond acceptors (Lipinski definition) is 3. The lowest BCUT2D eigenvalue weighted by Crippen LogP contribution is -2.33. The van der Waals surface area contributed by atoms with Gasteiger partial charge in [-0.15, -0.1) is 0 Å². The fourth-order valence-electron chi connectivity index (χ4n) is 4.43. The highest BCUT2D eigenvalue weighted by Crippen LogP contribution is 2.46. The number of methoxy groups -OCH3 is 2. The van der Waals surface area contributed by atoms with Crippen molar-refractivity contribution in [3.63, 3.8) is 0 Å². The van der Waals surface area contributed by atoms with Crippen LogP contribution < -0.4 is 0 Å². The van der Waals surface area contributed by atoms with Crippen LogP contribution in [0.4, 0.5) is 0 Å². The molecule has 2 aromatic carbocycles. The van der Waals surface area contributed by atoms with Crippen LogP contribution in [0.3, 0.4) is 0 Å². The van der Waals surface area contributed by atoms with Crippen molar-refractivity contribution in [1.82, 2.24) is 0 Å². The maximum absolute atomic E-state index is 11.2. The highest BCUT2D eigenvalue weighted by molar-refractivity contribution is 5.89. The molecule has 0 saturated carbocycles. The maximum atomic E-state index is 11.2. The fraction of sp³-hybridized carbons (Fsp3) is 0.444. The van der Waals surface area contributed by atoms with Crippen molar-refractivity contribution in [2.24, 2.45) is 0 Å². The normalized spacial score (nSPS) is 17.5. The van der Waals surface area contributed by atoms with Crippen LogP contribution >= 0.6 is 0 Å². The van der Waals surface area contributed by atoms with Gasteiger partial charge in [-0.05, 0) is 63.6 Å². The molecule has 0 radical (unpaired) electrons. The summed E-state index contributed by atoms with van der Waals surface area (Å²) in [5.41, 5.74) is 6.57. The third-order valence-electron chi connectivity index (χ3n) is 6.63. The summed E-state index contributed by atoms with van der Waals surface area (Å²) in [6.45, 7) is 9.31. The molecular weight excluding hydrogens is 388 g/mol. The van der Waals surface area contributed by atoms with E-state index in [0.717, 1.165) is 16.7 Å². The van der Waals surface area contributed by atoms with E-state index in [0.29, 0.717) is 6.42 Å². The molecule has 0 saturated heterocycles. The molecule has 0 spiro atoms. The van der Waals surface area contributed by atoms with Crippen molar-refractivity contribution in [1.29, 1.82) is 0 Å². The molecule has 0 fully saturated rings. The second-order valence-corrected chi connectivity index (χ2v) is 9.73. The van der Waals surface area contributed by atoms with Gasteiger partial charge in [-0.25, -0.2) is 4.79 Å². The number of hydrogen-bond donors (Lipinski definition) is 1. The maximum Gasteiger partial charge on any atom is 0.335 e. The summed E-state index contributed by atoms with van der Waals surface area (Å²) in [4.78, 5) is 11.2. The van der Waals surface area contributed by atoms with Gasteiger partial charge >= 0.3 is 5.97 Å². The van der Waals surface area contributed by atoms with Gasteiger partial charge in [-0.1, -0.05) is 64.1 Å². The van der Waals surface area contributed by atoms with Crippen molar-refractivity contribution in [2.45, 2.75) is 64.1 Å². The van der Waals surface area contributed by atoms with E-state index in [9.17, 15) is 9.90 Å². The molecule has 3 rings (SSSR count). The van der Waals surface area contributed by atoms with Crippen LogP contribution in [0.15, 0.2) is 42.5 Å². The first-order valence-corrected chi connectivity index (χ1v) is 10.8. The number of carbonyl (C=O) groups is 1. The molecule has 0 unspecified atom stereocenters. The standard InChI is InChI=1S/C27H34O4/c1-26(2)13-14-27(3,4)23-16-18(7-12-22(23)26)15-21(17-24(30-5)31-6)19-8-10-20(11-9-19)25(28)29/h7-12,15-16,24H,13-14,17H2,1-6H3,(H,28,29). The van der Waals surface area contributed by atoms with Crippen molar-refractivity contribution < 1.29 is 19.4 Å². The number of benzene rings is 2. The highest BCUT2D eigenvalue weighted by atomic mass is 16.7. The second-order valence-electron chi connectivity index (χ2n) is 9.73. The zero-order valence-corrected chi connectivity index (χ0v) is 19.5. The predicted octanol–water partition coefficient (Wildman–Crippen LogP) is 6.28. The first-order valence-electron chi connectivity index (χ1n) is 10.8. The monoisotopic (exact) mass is 422 g/mol. The van der Waals surface area contributed by atoms with Gasteiger partial charge in [0.2, 0.25) is 0 Å². The number of fused-ring (bicyclic) bond motifs is 1. The van der Waals surface area contributed by atoms with E-state index in [-0.39, 0.29) is 22.7 Å². The van der Waals surface area contributed by atoms with Crippen LogP contribution in [0, 0.1) is 0 Å². The summed E-state index contributed by atoms with van der Waals surface area (Å²) < 4.78 is 10.9. The Labute approximate surface area is 185 Å². The van der Waals surface area contributed by atoms with E-state index in [1.807, 2.05) is 12.1 Å². The van der Waals surface area contributed by atoms with Crippen molar-refractivity contribution in [3.8, 4) is 0 Å². The summed E-state index contributed by atoms with van der Waals surface area (Å²) in [6, 6.07) is 13.7. The van der Waals surface area contributed by atoms with Gasteiger partial charge in [0.25, 0.3) is 0 Å². The van der Waals surface area contributed by atoms with Crippen molar-refractivity contribution in [2.75, 3.05) is 14.2 Å². The van der Waals surface area contributed by atoms with E-state index in [4.69, 9.17) is 9.47 Å². The van der Waals surface area contributed by atoms with Crippen LogP contribution in [0.1, 0.15) is 79.6 Å². The minimum atomic E-state index is -0.928. The topological polar surface area (TPSA) is 55.8 Å². The average molecular weight is 423 g/mol. The van der Waals surface area contributed by atoms with Gasteiger partial charge in [-0.2, -0.15) is 0 Å². The van der Waals surface area contributed by atoms with Gasteiger partial charge in [0, 0.05) is 20.6 Å². The summed E-state index contributed by atoms with van der Waals surface area (Å²) >= 11 is 0. The zero-order valence-electron chi connectivity index (χ0n) is 19.5. The van der Waals surface area contributed by atoms with E-state index in [1.165, 1.54) is 24.0 Å². The largest absolute Gasteiger partial charge is 0.478 e. The summed E-state index contributed by atoms with van der Waals surface area (Å²) in [5.74, 6) is -0.928. The van der Waals surface area contributed by atoms with E-state index >= 15 is 0 Å². The quantitative estimate of drug-likeness (QED) is 0.421. The molecule has 31 heavy (non-hydrogen) atoms. The molecule has 0 amide bonds. The van der Waals surface area contributed by atoms with Crippen LogP contribution in [0.25, 0.3) is 11.6 Å². The van der Waals surface area contributed by atoms with Crippen molar-refractivity contribution in [3.05, 3.63) is 70.3 Å². The van der Waals surface area contributed by atoms with Crippen molar-refractivity contribution >= 4 is 17.6 Å². The highest BCUT2D eigenvalue weighted by Gasteiger charge is 2.36. The lowest BCUT2D eigenvalue weighted by Gasteiger charge is -2.42. The average Bonchev–Trinajstić information content (AvgIpc) is 2.74. The molecular formula is C27H34O4. The predicted molar refractivity (Wildman–Crippen MR) is 125 cm³/mol. The fourth-order valence-corrected chi connectivity index (χ4v) is 4.43. The molecule has 166 valence electrons. The molecule has 0 bridgehead atoms. The Hall–Kier alpha value is -2.43. The van der Waals surface area contributed by atoms with Gasteiger partial charge in [-0.3, -0.25) is 0 Å². The Morgan fingerprint density at radius 1 is 0.935 bits per heavy atom. The molecule has 4 heteroatoms. The lowest BCUT2D eigenvalue weighted by atomic mass is 9.63. The first-order chi connectivity index (χ1) is 14.6. The van der Waals surface area contributed by atoms with Crippen LogP contribution in [-0.4, -0.2) is 31.6 Å². The second kappa shape index (κ2) is 8.97. The summed E-state index contributed by atoms with van der Waals surface area (Å²) in [6.07, 6.45) is 4.70. The minimum Gasteiger partial charge on any atom is -0.478 e. The Morgan fingerprint density at radius 3 is 2.03 bits per heavy atom. The number of rotatable bonds is 7. The summed E-state index contributed by atoms with van der Waals surface area (Å²) in [7, 11) is 3.26. The molecule has 0 aliphatic heterocycles. The molecule has 1 aliphatic carbocycles. The Balaban J connectivity index is 2.07. The Kier molecular flexibility index (Phi) is 6.73. The van der Waals surface area contributed by atoms with E-state index < -0.39 is 5.97 Å². The molecule has 0 heterocycles. The van der Waals surface area contributed by atoms with Gasteiger partial charge < -0.3 is 14.6 Å².